The molecule has 1 heterocycles. The highest BCUT2D eigenvalue weighted by Gasteiger charge is 2.23. The largest absolute Gasteiger partial charge is 0.398 e. The van der Waals surface area contributed by atoms with Gasteiger partial charge in [0.15, 0.2) is 0 Å². The van der Waals surface area contributed by atoms with E-state index in [2.05, 4.69) is 25.6 Å². The van der Waals surface area contributed by atoms with Crippen molar-refractivity contribution in [3.8, 4) is 0 Å². The van der Waals surface area contributed by atoms with Gasteiger partial charge in [0.05, 0.1) is 22.1 Å². The van der Waals surface area contributed by atoms with Crippen LogP contribution in [-0.4, -0.2) is 13.4 Å². The summed E-state index contributed by atoms with van der Waals surface area (Å²) in [6.07, 6.45) is 0. The van der Waals surface area contributed by atoms with Crippen LogP contribution in [0.15, 0.2) is 33.8 Å². The van der Waals surface area contributed by atoms with Gasteiger partial charge in [-0.2, -0.15) is 0 Å². The first-order chi connectivity index (χ1) is 9.70. The lowest BCUT2D eigenvalue weighted by molar-refractivity contribution is 0.601. The van der Waals surface area contributed by atoms with E-state index in [4.69, 9.17) is 28.9 Å². The Kier molecular flexibility index (Phi) is 4.67. The van der Waals surface area contributed by atoms with Crippen molar-refractivity contribution in [2.24, 2.45) is 0 Å². The molecule has 3 N–H and O–H groups in total. The first-order valence-corrected chi connectivity index (χ1v) is 8.64. The lowest BCUT2D eigenvalue weighted by Gasteiger charge is -2.13. The summed E-state index contributed by atoms with van der Waals surface area (Å²) in [4.78, 5) is 3.90. The number of benzene rings is 1. The lowest BCUT2D eigenvalue weighted by atomic mass is 10.3. The molecule has 21 heavy (non-hydrogen) atoms. The summed E-state index contributed by atoms with van der Waals surface area (Å²) in [5, 5.41) is 0.216. The molecule has 2 aromatic rings. The quantitative estimate of drug-likeness (QED) is 0.594. The van der Waals surface area contributed by atoms with Crippen LogP contribution in [-0.2, 0) is 10.0 Å². The molecule has 0 aliphatic rings. The molecule has 0 spiro atoms. The van der Waals surface area contributed by atoms with E-state index >= 15 is 0 Å². The highest BCUT2D eigenvalue weighted by molar-refractivity contribution is 9.10. The van der Waals surface area contributed by atoms with E-state index in [0.29, 0.717) is 16.0 Å². The zero-order valence-electron chi connectivity index (χ0n) is 10.7. The Balaban J connectivity index is 2.48. The smallest absolute Gasteiger partial charge is 0.265 e. The lowest BCUT2D eigenvalue weighted by Crippen LogP contribution is -2.16. The summed E-state index contributed by atoms with van der Waals surface area (Å²) in [6, 6.07) is 5.86. The first kappa shape index (κ1) is 16.4. The minimum Gasteiger partial charge on any atom is -0.398 e. The average Bonchev–Trinajstić information content (AvgIpc) is 2.30. The summed E-state index contributed by atoms with van der Waals surface area (Å²) < 4.78 is 27.9. The standard InChI is InChI=1S/C12H10BrCl2N3O2S/c1-6-10(2-3-11(13)17-6)18-21(19,20)12-8(15)4-7(14)5-9(12)16/h2-5,18H,16H2,1H3. The summed E-state index contributed by atoms with van der Waals surface area (Å²) >= 11 is 14.9. The number of halogens is 3. The Morgan fingerprint density at radius 2 is 1.95 bits per heavy atom. The fourth-order valence-electron chi connectivity index (χ4n) is 1.70. The molecule has 0 amide bonds. The van der Waals surface area contributed by atoms with Crippen LogP contribution >= 0.6 is 39.1 Å². The van der Waals surface area contributed by atoms with Crippen LogP contribution in [0.4, 0.5) is 11.4 Å². The van der Waals surface area contributed by atoms with Crippen molar-refractivity contribution in [1.82, 2.24) is 4.98 Å². The first-order valence-electron chi connectivity index (χ1n) is 5.61. The van der Waals surface area contributed by atoms with Crippen molar-refractivity contribution < 1.29 is 8.42 Å². The van der Waals surface area contributed by atoms with Gasteiger partial charge in [0.25, 0.3) is 10.0 Å². The van der Waals surface area contributed by atoms with Crippen molar-refractivity contribution in [3.63, 3.8) is 0 Å². The van der Waals surface area contributed by atoms with Crippen molar-refractivity contribution >= 4 is 60.5 Å². The molecule has 1 aromatic carbocycles. The molecular weight excluding hydrogens is 401 g/mol. The summed E-state index contributed by atoms with van der Waals surface area (Å²) in [5.74, 6) is 0. The number of rotatable bonds is 3. The summed E-state index contributed by atoms with van der Waals surface area (Å²) in [6.45, 7) is 1.68. The second kappa shape index (κ2) is 6.00. The third-order valence-corrected chi connectivity index (χ3v) is 5.15. The fraction of sp³-hybridized carbons (Fsp3) is 0.0833. The Morgan fingerprint density at radius 1 is 1.29 bits per heavy atom. The molecule has 0 bridgehead atoms. The van der Waals surface area contributed by atoms with Crippen molar-refractivity contribution in [2.75, 3.05) is 10.5 Å². The van der Waals surface area contributed by atoms with Crippen LogP contribution in [0.1, 0.15) is 5.69 Å². The topological polar surface area (TPSA) is 85.1 Å². The Morgan fingerprint density at radius 3 is 2.52 bits per heavy atom. The van der Waals surface area contributed by atoms with Crippen molar-refractivity contribution in [2.45, 2.75) is 11.8 Å². The minimum atomic E-state index is -3.95. The van der Waals surface area contributed by atoms with Crippen molar-refractivity contribution in [1.29, 1.82) is 0 Å². The van der Waals surface area contributed by atoms with Crippen LogP contribution in [0.2, 0.25) is 10.0 Å². The molecule has 0 saturated carbocycles. The van der Waals surface area contributed by atoms with E-state index in [1.807, 2.05) is 0 Å². The second-order valence-electron chi connectivity index (χ2n) is 4.18. The average molecular weight is 411 g/mol. The Bertz CT molecular complexity index is 789. The van der Waals surface area contributed by atoms with Gasteiger partial charge in [-0.1, -0.05) is 23.2 Å². The number of aromatic nitrogens is 1. The van der Waals surface area contributed by atoms with E-state index in [1.54, 1.807) is 19.1 Å². The molecule has 0 aliphatic carbocycles. The summed E-state index contributed by atoms with van der Waals surface area (Å²) in [7, 11) is -3.95. The maximum absolute atomic E-state index is 12.4. The Labute approximate surface area is 140 Å². The van der Waals surface area contributed by atoms with E-state index in [1.165, 1.54) is 12.1 Å². The normalized spacial score (nSPS) is 11.4. The highest BCUT2D eigenvalue weighted by atomic mass is 79.9. The maximum atomic E-state index is 12.4. The van der Waals surface area contributed by atoms with Gasteiger partial charge in [0.2, 0.25) is 0 Å². The van der Waals surface area contributed by atoms with Gasteiger partial charge in [-0.3, -0.25) is 4.72 Å². The summed E-state index contributed by atoms with van der Waals surface area (Å²) in [5.41, 5.74) is 6.54. The molecule has 1 aromatic heterocycles. The zero-order chi connectivity index (χ0) is 15.8. The van der Waals surface area contributed by atoms with E-state index in [-0.39, 0.29) is 20.6 Å². The number of nitrogens with one attached hydrogen (secondary N) is 1. The highest BCUT2D eigenvalue weighted by Crippen LogP contribution is 2.32. The molecule has 0 radical (unpaired) electrons. The number of hydrogen-bond acceptors (Lipinski definition) is 4. The van der Waals surface area contributed by atoms with Crippen LogP contribution in [0.25, 0.3) is 0 Å². The van der Waals surface area contributed by atoms with Crippen molar-refractivity contribution in [3.05, 3.63) is 44.6 Å². The molecule has 0 aliphatic heterocycles. The van der Waals surface area contributed by atoms with Gasteiger partial charge in [-0.05, 0) is 47.1 Å². The SMILES string of the molecule is Cc1nc(Br)ccc1NS(=O)(=O)c1c(N)cc(Cl)cc1Cl. The maximum Gasteiger partial charge on any atom is 0.265 e. The Hall–Kier alpha value is -1.02. The molecule has 0 unspecified atom stereocenters. The molecule has 0 fully saturated rings. The number of hydrogen-bond donors (Lipinski definition) is 2. The molecule has 9 heteroatoms. The van der Waals surface area contributed by atoms with E-state index in [9.17, 15) is 8.42 Å². The fourth-order valence-corrected chi connectivity index (χ4v) is 4.20. The molecule has 0 saturated heterocycles. The predicted molar refractivity (Wildman–Crippen MR) is 88.4 cm³/mol. The second-order valence-corrected chi connectivity index (χ2v) is 7.45. The van der Waals surface area contributed by atoms with E-state index in [0.717, 1.165) is 0 Å². The number of anilines is 2. The van der Waals surface area contributed by atoms with Crippen LogP contribution in [0.3, 0.4) is 0 Å². The number of pyridine rings is 1. The van der Waals surface area contributed by atoms with Gasteiger partial charge in [-0.25, -0.2) is 13.4 Å². The number of nitrogen functional groups attached to an aromatic ring is 1. The molecule has 2 rings (SSSR count). The third-order valence-electron chi connectivity index (χ3n) is 2.60. The zero-order valence-corrected chi connectivity index (χ0v) is 14.6. The van der Waals surface area contributed by atoms with Gasteiger partial charge in [-0.15, -0.1) is 0 Å². The van der Waals surface area contributed by atoms with Crippen LogP contribution in [0, 0.1) is 6.92 Å². The predicted octanol–water partition coefficient (Wildman–Crippen LogP) is 3.84. The number of nitrogens with zero attached hydrogens (tertiary/aromatic N) is 1. The molecule has 5 nitrogen and oxygen atoms in total. The van der Waals surface area contributed by atoms with Crippen LogP contribution < -0.4 is 10.5 Å². The van der Waals surface area contributed by atoms with Gasteiger partial charge in [0, 0.05) is 5.02 Å². The third kappa shape index (κ3) is 3.60. The van der Waals surface area contributed by atoms with Gasteiger partial charge >= 0.3 is 0 Å². The van der Waals surface area contributed by atoms with Gasteiger partial charge < -0.3 is 5.73 Å². The number of aryl methyl sites for hydroxylation is 1. The van der Waals surface area contributed by atoms with Crippen LogP contribution in [0.5, 0.6) is 0 Å². The molecular formula is C12H10BrCl2N3O2S. The molecule has 0 atom stereocenters. The van der Waals surface area contributed by atoms with Gasteiger partial charge in [0.1, 0.15) is 9.50 Å². The monoisotopic (exact) mass is 409 g/mol. The number of sulfonamides is 1. The number of nitrogens with two attached hydrogens (primary N) is 1. The minimum absolute atomic E-state index is 0.0253. The van der Waals surface area contributed by atoms with E-state index < -0.39 is 10.0 Å². The molecule has 112 valence electrons.